The molecule has 0 aliphatic rings. The molecule has 0 aromatic heterocycles. The van der Waals surface area contributed by atoms with Gasteiger partial charge in [-0.25, -0.2) is 8.78 Å². The summed E-state index contributed by atoms with van der Waals surface area (Å²) in [5.74, 6) is -0.359. The molecule has 1 N–H and O–H groups in total. The maximum absolute atomic E-state index is 13.4. The number of hydrogen-bond acceptors (Lipinski definition) is 2. The minimum absolute atomic E-state index is 0.0784. The van der Waals surface area contributed by atoms with E-state index in [9.17, 15) is 8.78 Å². The first-order valence-corrected chi connectivity index (χ1v) is 4.84. The molecule has 0 spiro atoms. The Kier molecular flexibility index (Phi) is 4.49. The topological polar surface area (TPSA) is 21.3 Å². The van der Waals surface area contributed by atoms with Crippen LogP contribution < -0.4 is 10.1 Å². The van der Waals surface area contributed by atoms with Crippen LogP contribution >= 0.6 is 0 Å². The van der Waals surface area contributed by atoms with E-state index in [1.165, 1.54) is 12.1 Å². The maximum Gasteiger partial charge on any atom is 0.165 e. The van der Waals surface area contributed by atoms with Crippen LogP contribution in [-0.4, -0.2) is 20.3 Å². The molecule has 0 radical (unpaired) electrons. The van der Waals surface area contributed by atoms with Gasteiger partial charge in [0, 0.05) is 6.04 Å². The lowest BCUT2D eigenvalue weighted by Gasteiger charge is -2.12. The molecule has 1 atom stereocenters. The Morgan fingerprint density at radius 1 is 1.47 bits per heavy atom. The predicted octanol–water partition coefficient (Wildman–Crippen LogP) is 2.45. The van der Waals surface area contributed by atoms with Gasteiger partial charge in [-0.1, -0.05) is 6.07 Å². The van der Waals surface area contributed by atoms with Crippen LogP contribution in [0.5, 0.6) is 5.75 Å². The van der Waals surface area contributed by atoms with E-state index in [0.717, 1.165) is 5.56 Å². The summed E-state index contributed by atoms with van der Waals surface area (Å²) in [6, 6.07) is 4.76. The first kappa shape index (κ1) is 11.9. The van der Waals surface area contributed by atoms with Crippen molar-refractivity contribution in [3.63, 3.8) is 0 Å². The smallest absolute Gasteiger partial charge is 0.165 e. The highest BCUT2D eigenvalue weighted by Gasteiger charge is 2.08. The minimum atomic E-state index is -0.617. The zero-order valence-corrected chi connectivity index (χ0v) is 8.89. The first-order chi connectivity index (χ1) is 7.19. The van der Waals surface area contributed by atoms with Gasteiger partial charge in [0.2, 0.25) is 0 Å². The maximum atomic E-state index is 13.4. The zero-order chi connectivity index (χ0) is 11.3. The van der Waals surface area contributed by atoms with Crippen LogP contribution in [0.1, 0.15) is 18.5 Å². The summed E-state index contributed by atoms with van der Waals surface area (Å²) >= 11 is 0. The van der Waals surface area contributed by atoms with Crippen molar-refractivity contribution >= 4 is 0 Å². The Balaban J connectivity index is 2.78. The van der Waals surface area contributed by atoms with Crippen LogP contribution in [0.3, 0.4) is 0 Å². The van der Waals surface area contributed by atoms with Crippen molar-refractivity contribution in [1.29, 1.82) is 0 Å². The number of benzene rings is 1. The monoisotopic (exact) mass is 215 g/mol. The Hall–Kier alpha value is -1.16. The molecule has 0 heterocycles. The molecule has 0 aliphatic carbocycles. The van der Waals surface area contributed by atoms with Crippen molar-refractivity contribution in [3.8, 4) is 5.75 Å². The molecular formula is C11H15F2NO. The van der Waals surface area contributed by atoms with E-state index in [1.807, 2.05) is 6.92 Å². The lowest BCUT2D eigenvalue weighted by atomic mass is 10.1. The summed E-state index contributed by atoms with van der Waals surface area (Å²) in [4.78, 5) is 0. The molecule has 0 bridgehead atoms. The summed E-state index contributed by atoms with van der Waals surface area (Å²) in [5.41, 5.74) is 0.836. The van der Waals surface area contributed by atoms with Gasteiger partial charge >= 0.3 is 0 Å². The highest BCUT2D eigenvalue weighted by molar-refractivity contribution is 5.30. The minimum Gasteiger partial charge on any atom is -0.488 e. The van der Waals surface area contributed by atoms with Crippen LogP contribution in [0.25, 0.3) is 0 Å². The Morgan fingerprint density at radius 3 is 2.73 bits per heavy atom. The number of nitrogens with one attached hydrogen (secondary N) is 1. The molecule has 0 fully saturated rings. The number of ether oxygens (including phenoxy) is 1. The average molecular weight is 215 g/mol. The van der Waals surface area contributed by atoms with Crippen LogP contribution in [-0.2, 0) is 0 Å². The molecular weight excluding hydrogens is 200 g/mol. The van der Waals surface area contributed by atoms with Crippen molar-refractivity contribution in [2.75, 3.05) is 20.3 Å². The number of hydrogen-bond donors (Lipinski definition) is 1. The lowest BCUT2D eigenvalue weighted by molar-refractivity contribution is 0.262. The summed E-state index contributed by atoms with van der Waals surface area (Å²) < 4.78 is 30.1. The van der Waals surface area contributed by atoms with Gasteiger partial charge in [-0.3, -0.25) is 0 Å². The normalized spacial score (nSPS) is 12.5. The molecule has 15 heavy (non-hydrogen) atoms. The van der Waals surface area contributed by atoms with Gasteiger partial charge in [0.25, 0.3) is 0 Å². The summed E-state index contributed by atoms with van der Waals surface area (Å²) in [5, 5.41) is 3.00. The standard InChI is InChI=1S/C11H15F2NO/c1-8(14-2)9-3-4-11(10(13)7-9)15-6-5-12/h3-4,7-8,14H,5-6H2,1-2H3. The second kappa shape index (κ2) is 5.66. The first-order valence-electron chi connectivity index (χ1n) is 4.84. The molecule has 0 saturated heterocycles. The van der Waals surface area contributed by atoms with E-state index < -0.39 is 12.5 Å². The van der Waals surface area contributed by atoms with Crippen LogP contribution in [0, 0.1) is 5.82 Å². The van der Waals surface area contributed by atoms with Crippen molar-refractivity contribution in [2.24, 2.45) is 0 Å². The van der Waals surface area contributed by atoms with Gasteiger partial charge in [-0.05, 0) is 31.7 Å². The molecule has 0 amide bonds. The van der Waals surface area contributed by atoms with Crippen LogP contribution in [0.2, 0.25) is 0 Å². The van der Waals surface area contributed by atoms with Gasteiger partial charge in [0.05, 0.1) is 0 Å². The van der Waals surface area contributed by atoms with Crippen molar-refractivity contribution < 1.29 is 13.5 Å². The second-order valence-electron chi connectivity index (χ2n) is 3.24. The molecule has 0 aliphatic heterocycles. The number of alkyl halides is 1. The quantitative estimate of drug-likeness (QED) is 0.814. The lowest BCUT2D eigenvalue weighted by Crippen LogP contribution is -2.12. The van der Waals surface area contributed by atoms with Crippen molar-refractivity contribution in [1.82, 2.24) is 5.32 Å². The highest BCUT2D eigenvalue weighted by atomic mass is 19.1. The third-order valence-electron chi connectivity index (χ3n) is 2.22. The zero-order valence-electron chi connectivity index (χ0n) is 8.89. The van der Waals surface area contributed by atoms with Crippen LogP contribution in [0.15, 0.2) is 18.2 Å². The third kappa shape index (κ3) is 3.16. The van der Waals surface area contributed by atoms with Crippen LogP contribution in [0.4, 0.5) is 8.78 Å². The van der Waals surface area contributed by atoms with Gasteiger partial charge in [0.1, 0.15) is 13.3 Å². The number of halogens is 2. The van der Waals surface area contributed by atoms with E-state index >= 15 is 0 Å². The predicted molar refractivity (Wildman–Crippen MR) is 55.3 cm³/mol. The summed E-state index contributed by atoms with van der Waals surface area (Å²) in [7, 11) is 1.80. The Morgan fingerprint density at radius 2 is 2.20 bits per heavy atom. The largest absolute Gasteiger partial charge is 0.488 e. The fourth-order valence-corrected chi connectivity index (χ4v) is 1.22. The molecule has 2 nitrogen and oxygen atoms in total. The Labute approximate surface area is 88.3 Å². The van der Waals surface area contributed by atoms with Gasteiger partial charge in [-0.15, -0.1) is 0 Å². The van der Waals surface area contributed by atoms with Gasteiger partial charge in [-0.2, -0.15) is 0 Å². The molecule has 1 unspecified atom stereocenters. The van der Waals surface area contributed by atoms with E-state index in [-0.39, 0.29) is 18.4 Å². The van der Waals surface area contributed by atoms with E-state index in [2.05, 4.69) is 5.32 Å². The van der Waals surface area contributed by atoms with Crippen molar-refractivity contribution in [3.05, 3.63) is 29.6 Å². The molecule has 84 valence electrons. The Bertz CT molecular complexity index is 317. The second-order valence-corrected chi connectivity index (χ2v) is 3.24. The molecule has 1 rings (SSSR count). The third-order valence-corrected chi connectivity index (χ3v) is 2.22. The van der Waals surface area contributed by atoms with E-state index in [4.69, 9.17) is 4.74 Å². The fourth-order valence-electron chi connectivity index (χ4n) is 1.22. The van der Waals surface area contributed by atoms with Gasteiger partial charge in [0.15, 0.2) is 11.6 Å². The van der Waals surface area contributed by atoms with Gasteiger partial charge < -0.3 is 10.1 Å². The summed E-state index contributed by atoms with van der Waals surface area (Å²) in [6.07, 6.45) is 0. The average Bonchev–Trinajstić information content (AvgIpc) is 2.26. The molecule has 0 saturated carbocycles. The number of rotatable bonds is 5. The molecule has 1 aromatic rings. The van der Waals surface area contributed by atoms with E-state index in [1.54, 1.807) is 13.1 Å². The fraction of sp³-hybridized carbons (Fsp3) is 0.455. The molecule has 4 heteroatoms. The SMILES string of the molecule is CNC(C)c1ccc(OCCF)c(F)c1. The van der Waals surface area contributed by atoms with Crippen molar-refractivity contribution in [2.45, 2.75) is 13.0 Å². The molecule has 1 aromatic carbocycles. The summed E-state index contributed by atoms with van der Waals surface area (Å²) in [6.45, 7) is 1.20. The highest BCUT2D eigenvalue weighted by Crippen LogP contribution is 2.21. The van der Waals surface area contributed by atoms with E-state index in [0.29, 0.717) is 0 Å².